The molecule has 4 nitrogen and oxygen atoms in total. The number of benzene rings is 1. The predicted octanol–water partition coefficient (Wildman–Crippen LogP) is 3.46. The predicted molar refractivity (Wildman–Crippen MR) is 73.4 cm³/mol. The molecule has 0 atom stereocenters. The van der Waals surface area contributed by atoms with Gasteiger partial charge in [-0.2, -0.15) is 0 Å². The lowest BCUT2D eigenvalue weighted by Crippen LogP contribution is -2.11. The van der Waals surface area contributed by atoms with E-state index in [0.29, 0.717) is 10.6 Å². The highest BCUT2D eigenvalue weighted by molar-refractivity contribution is 9.10. The first kappa shape index (κ1) is 12.8. The minimum Gasteiger partial charge on any atom is -0.478 e. The van der Waals surface area contributed by atoms with Crippen LogP contribution in [0, 0.1) is 0 Å². The van der Waals surface area contributed by atoms with E-state index in [-0.39, 0.29) is 11.5 Å². The van der Waals surface area contributed by atoms with Gasteiger partial charge in [0.25, 0.3) is 5.91 Å². The maximum absolute atomic E-state index is 11.9. The van der Waals surface area contributed by atoms with Gasteiger partial charge in [0.1, 0.15) is 4.88 Å². The molecule has 6 heteroatoms. The van der Waals surface area contributed by atoms with Crippen molar-refractivity contribution in [2.45, 2.75) is 0 Å². The summed E-state index contributed by atoms with van der Waals surface area (Å²) in [6, 6.07) is 7.91. The molecule has 0 fully saturated rings. The van der Waals surface area contributed by atoms with Gasteiger partial charge >= 0.3 is 5.97 Å². The molecule has 1 aromatic carbocycles. The highest BCUT2D eigenvalue weighted by atomic mass is 79.9. The minimum absolute atomic E-state index is 0.137. The number of halogens is 1. The number of carbonyl (C=O) groups is 2. The molecule has 1 heterocycles. The third-order valence-electron chi connectivity index (χ3n) is 2.19. The normalized spacial score (nSPS) is 10.1. The summed E-state index contributed by atoms with van der Waals surface area (Å²) < 4.78 is 0.722. The SMILES string of the molecule is O=C(O)c1cccc(NC(=O)c2sccc2Br)c1. The molecule has 2 aromatic rings. The maximum Gasteiger partial charge on any atom is 0.335 e. The van der Waals surface area contributed by atoms with E-state index in [1.165, 1.54) is 23.5 Å². The Bertz CT molecular complexity index is 609. The van der Waals surface area contributed by atoms with E-state index < -0.39 is 5.97 Å². The van der Waals surface area contributed by atoms with Crippen molar-refractivity contribution >= 4 is 44.8 Å². The van der Waals surface area contributed by atoms with Gasteiger partial charge in [0, 0.05) is 10.2 Å². The maximum atomic E-state index is 11.9. The highest BCUT2D eigenvalue weighted by Gasteiger charge is 2.12. The van der Waals surface area contributed by atoms with E-state index in [1.807, 2.05) is 0 Å². The number of aromatic carboxylic acids is 1. The first-order valence-corrected chi connectivity index (χ1v) is 6.63. The molecular formula is C12H8BrNO3S. The third-order valence-corrected chi connectivity index (χ3v) is 4.03. The van der Waals surface area contributed by atoms with Gasteiger partial charge in [-0.25, -0.2) is 4.79 Å². The van der Waals surface area contributed by atoms with Crippen molar-refractivity contribution in [1.29, 1.82) is 0 Å². The van der Waals surface area contributed by atoms with E-state index in [0.717, 1.165) is 4.47 Å². The zero-order chi connectivity index (χ0) is 13.1. The van der Waals surface area contributed by atoms with Crippen molar-refractivity contribution in [3.63, 3.8) is 0 Å². The van der Waals surface area contributed by atoms with Crippen LogP contribution in [0.15, 0.2) is 40.2 Å². The fourth-order valence-corrected chi connectivity index (χ4v) is 2.82. The van der Waals surface area contributed by atoms with Crippen LogP contribution in [0.3, 0.4) is 0 Å². The lowest BCUT2D eigenvalue weighted by atomic mass is 10.2. The molecule has 1 aromatic heterocycles. The minimum atomic E-state index is -1.02. The van der Waals surface area contributed by atoms with E-state index in [4.69, 9.17) is 5.11 Å². The van der Waals surface area contributed by atoms with Crippen molar-refractivity contribution in [3.05, 3.63) is 50.6 Å². The number of carbonyl (C=O) groups excluding carboxylic acids is 1. The standard InChI is InChI=1S/C12H8BrNO3S/c13-9-4-5-18-10(9)11(15)14-8-3-1-2-7(6-8)12(16)17/h1-6H,(H,14,15)(H,16,17). The smallest absolute Gasteiger partial charge is 0.335 e. The molecule has 2 N–H and O–H groups in total. The van der Waals surface area contributed by atoms with E-state index in [9.17, 15) is 9.59 Å². The molecule has 0 radical (unpaired) electrons. The number of amides is 1. The van der Waals surface area contributed by atoms with Crippen molar-refractivity contribution in [1.82, 2.24) is 0 Å². The Labute approximate surface area is 115 Å². The fourth-order valence-electron chi connectivity index (χ4n) is 1.37. The van der Waals surface area contributed by atoms with Crippen LogP contribution in [0.5, 0.6) is 0 Å². The molecule has 0 aliphatic heterocycles. The Morgan fingerprint density at radius 1 is 1.28 bits per heavy atom. The lowest BCUT2D eigenvalue weighted by Gasteiger charge is -2.05. The Hall–Kier alpha value is -1.66. The number of rotatable bonds is 3. The third kappa shape index (κ3) is 2.77. The van der Waals surface area contributed by atoms with Crippen LogP contribution in [0.25, 0.3) is 0 Å². The van der Waals surface area contributed by atoms with Gasteiger partial charge in [-0.15, -0.1) is 11.3 Å². The molecule has 0 bridgehead atoms. The summed E-state index contributed by atoms with van der Waals surface area (Å²) >= 11 is 4.59. The van der Waals surface area contributed by atoms with Crippen LogP contribution in [-0.2, 0) is 0 Å². The topological polar surface area (TPSA) is 66.4 Å². The summed E-state index contributed by atoms with van der Waals surface area (Å²) in [6.45, 7) is 0. The largest absolute Gasteiger partial charge is 0.478 e. The summed E-state index contributed by atoms with van der Waals surface area (Å²) in [5, 5.41) is 13.3. The second kappa shape index (κ2) is 5.32. The summed E-state index contributed by atoms with van der Waals surface area (Å²) in [5.41, 5.74) is 0.596. The van der Waals surface area contributed by atoms with Gasteiger partial charge in [-0.3, -0.25) is 4.79 Å². The molecule has 0 aliphatic rings. The molecule has 0 aliphatic carbocycles. The molecule has 0 saturated carbocycles. The molecule has 18 heavy (non-hydrogen) atoms. The first-order chi connectivity index (χ1) is 8.58. The summed E-state index contributed by atoms with van der Waals surface area (Å²) in [5.74, 6) is -1.29. The molecule has 2 rings (SSSR count). The van der Waals surface area contributed by atoms with Gasteiger partial charge in [0.15, 0.2) is 0 Å². The van der Waals surface area contributed by atoms with Crippen molar-refractivity contribution in [2.24, 2.45) is 0 Å². The van der Waals surface area contributed by atoms with Crippen LogP contribution < -0.4 is 5.32 Å². The highest BCUT2D eigenvalue weighted by Crippen LogP contribution is 2.23. The summed E-state index contributed by atoms with van der Waals surface area (Å²) in [7, 11) is 0. The number of hydrogen-bond acceptors (Lipinski definition) is 3. The molecule has 0 spiro atoms. The number of carboxylic acids is 1. The van der Waals surface area contributed by atoms with Crippen molar-refractivity contribution in [3.8, 4) is 0 Å². The number of nitrogens with one attached hydrogen (secondary N) is 1. The second-order valence-electron chi connectivity index (χ2n) is 3.44. The van der Waals surface area contributed by atoms with Gasteiger partial charge in [0.2, 0.25) is 0 Å². The zero-order valence-electron chi connectivity index (χ0n) is 9.01. The summed E-state index contributed by atoms with van der Waals surface area (Å²) in [4.78, 5) is 23.3. The van der Waals surface area contributed by atoms with E-state index in [2.05, 4.69) is 21.2 Å². The quantitative estimate of drug-likeness (QED) is 0.908. The molecule has 92 valence electrons. The average Bonchev–Trinajstić information content (AvgIpc) is 2.76. The monoisotopic (exact) mass is 325 g/mol. The van der Waals surface area contributed by atoms with Gasteiger partial charge in [-0.05, 0) is 45.6 Å². The number of anilines is 1. The Balaban J connectivity index is 2.20. The van der Waals surface area contributed by atoms with E-state index in [1.54, 1.807) is 23.6 Å². The van der Waals surface area contributed by atoms with Crippen molar-refractivity contribution < 1.29 is 14.7 Å². The second-order valence-corrected chi connectivity index (χ2v) is 5.21. The molecular weight excluding hydrogens is 318 g/mol. The van der Waals surface area contributed by atoms with Gasteiger partial charge < -0.3 is 10.4 Å². The lowest BCUT2D eigenvalue weighted by molar-refractivity contribution is 0.0696. The van der Waals surface area contributed by atoms with Crippen LogP contribution >= 0.6 is 27.3 Å². The van der Waals surface area contributed by atoms with Gasteiger partial charge in [0.05, 0.1) is 5.56 Å². The van der Waals surface area contributed by atoms with Crippen molar-refractivity contribution in [2.75, 3.05) is 5.32 Å². The zero-order valence-corrected chi connectivity index (χ0v) is 11.4. The number of carboxylic acid groups (broad SMARTS) is 1. The summed E-state index contributed by atoms with van der Waals surface area (Å²) in [6.07, 6.45) is 0. The Kier molecular flexibility index (Phi) is 3.78. The first-order valence-electron chi connectivity index (χ1n) is 4.95. The van der Waals surface area contributed by atoms with Crippen LogP contribution in [0.4, 0.5) is 5.69 Å². The fraction of sp³-hybridized carbons (Fsp3) is 0. The van der Waals surface area contributed by atoms with Gasteiger partial charge in [-0.1, -0.05) is 6.07 Å². The van der Waals surface area contributed by atoms with Crippen LogP contribution in [-0.4, -0.2) is 17.0 Å². The van der Waals surface area contributed by atoms with E-state index >= 15 is 0 Å². The average molecular weight is 326 g/mol. The number of hydrogen-bond donors (Lipinski definition) is 2. The van der Waals surface area contributed by atoms with Crippen LogP contribution in [0.2, 0.25) is 0 Å². The number of thiophene rings is 1. The Morgan fingerprint density at radius 3 is 2.67 bits per heavy atom. The molecule has 1 amide bonds. The Morgan fingerprint density at radius 2 is 2.06 bits per heavy atom. The molecule has 0 saturated heterocycles. The molecule has 0 unspecified atom stereocenters. The van der Waals surface area contributed by atoms with Crippen LogP contribution in [0.1, 0.15) is 20.0 Å².